The van der Waals surface area contributed by atoms with Gasteiger partial charge in [-0.1, -0.05) is 0 Å². The van der Waals surface area contributed by atoms with Crippen molar-refractivity contribution in [1.29, 1.82) is 5.26 Å². The topological polar surface area (TPSA) is 36.3 Å². The third kappa shape index (κ3) is 3.33. The van der Waals surface area contributed by atoms with Gasteiger partial charge in [0.25, 0.3) is 0 Å². The Bertz CT molecular complexity index is 176. The molecule has 13 heavy (non-hydrogen) atoms. The van der Waals surface area contributed by atoms with Crippen molar-refractivity contribution >= 4 is 0 Å². The summed E-state index contributed by atoms with van der Waals surface area (Å²) in [4.78, 5) is 2.28. The van der Waals surface area contributed by atoms with Crippen LogP contribution in [0.2, 0.25) is 0 Å². The van der Waals surface area contributed by atoms with Crippen molar-refractivity contribution in [1.82, 2.24) is 4.90 Å². The second-order valence-corrected chi connectivity index (χ2v) is 3.52. The highest BCUT2D eigenvalue weighted by Gasteiger charge is 2.20. The van der Waals surface area contributed by atoms with E-state index in [1.165, 1.54) is 12.8 Å². The summed E-state index contributed by atoms with van der Waals surface area (Å²) in [6.45, 7) is 2.89. The first-order valence-electron chi connectivity index (χ1n) is 5.01. The van der Waals surface area contributed by atoms with Crippen LogP contribution >= 0.6 is 0 Å². The number of hydrogen-bond donors (Lipinski definition) is 0. The van der Waals surface area contributed by atoms with E-state index in [1.807, 2.05) is 0 Å². The van der Waals surface area contributed by atoms with Gasteiger partial charge in [-0.25, -0.2) is 0 Å². The predicted molar refractivity (Wildman–Crippen MR) is 51.3 cm³/mol. The fourth-order valence-electron chi connectivity index (χ4n) is 1.82. The van der Waals surface area contributed by atoms with Crippen molar-refractivity contribution < 1.29 is 4.74 Å². The van der Waals surface area contributed by atoms with Crippen molar-refractivity contribution in [3.63, 3.8) is 0 Å². The molecule has 0 spiro atoms. The average Bonchev–Trinajstić information content (AvgIpc) is 2.19. The molecule has 0 N–H and O–H groups in total. The molecular formula is C10H18N2O. The molecule has 0 radical (unpaired) electrons. The highest BCUT2D eigenvalue weighted by molar-refractivity contribution is 4.93. The Balaban J connectivity index is 2.24. The van der Waals surface area contributed by atoms with Crippen LogP contribution in [0.4, 0.5) is 0 Å². The summed E-state index contributed by atoms with van der Waals surface area (Å²) >= 11 is 0. The molecule has 1 saturated heterocycles. The lowest BCUT2D eigenvalue weighted by Gasteiger charge is -2.31. The van der Waals surface area contributed by atoms with Crippen LogP contribution in [0, 0.1) is 11.3 Å². The van der Waals surface area contributed by atoms with Crippen LogP contribution in [-0.2, 0) is 4.74 Å². The third-order valence-corrected chi connectivity index (χ3v) is 2.56. The first-order chi connectivity index (χ1) is 6.38. The summed E-state index contributed by atoms with van der Waals surface area (Å²) in [5, 5.41) is 8.90. The number of likely N-dealkylation sites (tertiary alicyclic amines) is 1. The molecule has 0 amide bonds. The Morgan fingerprint density at radius 2 is 2.38 bits per heavy atom. The molecule has 1 aliphatic rings. The maximum absolute atomic E-state index is 8.90. The molecule has 0 aromatic heterocycles. The van der Waals surface area contributed by atoms with Gasteiger partial charge < -0.3 is 4.74 Å². The Hall–Kier alpha value is -0.590. The van der Waals surface area contributed by atoms with Crippen LogP contribution in [-0.4, -0.2) is 37.7 Å². The van der Waals surface area contributed by atoms with E-state index in [4.69, 9.17) is 10.00 Å². The van der Waals surface area contributed by atoms with Crippen LogP contribution in [0.3, 0.4) is 0 Å². The second-order valence-electron chi connectivity index (χ2n) is 3.52. The summed E-state index contributed by atoms with van der Waals surface area (Å²) in [6, 6.07) is 2.52. The van der Waals surface area contributed by atoms with E-state index in [2.05, 4.69) is 11.0 Å². The number of rotatable bonds is 4. The molecule has 1 atom stereocenters. The number of nitriles is 1. The van der Waals surface area contributed by atoms with Crippen LogP contribution in [0.1, 0.15) is 25.7 Å². The second kappa shape index (κ2) is 5.95. The highest BCUT2D eigenvalue weighted by atomic mass is 16.5. The minimum Gasteiger partial charge on any atom is -0.385 e. The number of hydrogen-bond acceptors (Lipinski definition) is 3. The first-order valence-corrected chi connectivity index (χ1v) is 5.01. The Morgan fingerprint density at radius 1 is 1.54 bits per heavy atom. The van der Waals surface area contributed by atoms with Gasteiger partial charge >= 0.3 is 0 Å². The zero-order valence-corrected chi connectivity index (χ0v) is 8.33. The van der Waals surface area contributed by atoms with Crippen molar-refractivity contribution in [3.05, 3.63) is 0 Å². The normalized spacial score (nSPS) is 24.2. The SMILES string of the molecule is COCCCN1CCCCC1C#N. The molecule has 0 aromatic rings. The highest BCUT2D eigenvalue weighted by Crippen LogP contribution is 2.16. The number of ether oxygens (including phenoxy) is 1. The molecule has 74 valence electrons. The largest absolute Gasteiger partial charge is 0.385 e. The van der Waals surface area contributed by atoms with Gasteiger partial charge in [0.2, 0.25) is 0 Å². The lowest BCUT2D eigenvalue weighted by molar-refractivity contribution is 0.144. The van der Waals surface area contributed by atoms with Crippen LogP contribution < -0.4 is 0 Å². The summed E-state index contributed by atoms with van der Waals surface area (Å²) in [7, 11) is 1.72. The number of nitrogens with zero attached hydrogens (tertiary/aromatic N) is 2. The zero-order valence-electron chi connectivity index (χ0n) is 8.33. The molecule has 0 saturated carbocycles. The van der Waals surface area contributed by atoms with Gasteiger partial charge in [-0.2, -0.15) is 5.26 Å². The standard InChI is InChI=1S/C10H18N2O/c1-13-8-4-7-12-6-3-2-5-10(12)9-11/h10H,2-8H2,1H3. The van der Waals surface area contributed by atoms with E-state index in [9.17, 15) is 0 Å². The Kier molecular flexibility index (Phi) is 4.81. The zero-order chi connectivity index (χ0) is 9.52. The number of piperidine rings is 1. The van der Waals surface area contributed by atoms with E-state index in [1.54, 1.807) is 7.11 Å². The molecule has 1 heterocycles. The summed E-state index contributed by atoms with van der Waals surface area (Å²) < 4.78 is 4.99. The van der Waals surface area contributed by atoms with Gasteiger partial charge in [-0.15, -0.1) is 0 Å². The van der Waals surface area contributed by atoms with Gasteiger partial charge in [0.1, 0.15) is 0 Å². The first kappa shape index (κ1) is 10.5. The molecule has 0 bridgehead atoms. The van der Waals surface area contributed by atoms with Crippen LogP contribution in [0.5, 0.6) is 0 Å². The van der Waals surface area contributed by atoms with Crippen molar-refractivity contribution in [3.8, 4) is 6.07 Å². The van der Waals surface area contributed by atoms with Crippen molar-refractivity contribution in [2.45, 2.75) is 31.7 Å². The molecule has 0 aromatic carbocycles. The Labute approximate surface area is 80.3 Å². The number of methoxy groups -OCH3 is 1. The molecule has 1 unspecified atom stereocenters. The van der Waals surface area contributed by atoms with Crippen molar-refractivity contribution in [2.75, 3.05) is 26.8 Å². The summed E-state index contributed by atoms with van der Waals surface area (Å²) in [6.07, 6.45) is 4.53. The molecule has 0 aliphatic carbocycles. The minimum atomic E-state index is 0.158. The molecular weight excluding hydrogens is 164 g/mol. The molecule has 1 aliphatic heterocycles. The fraction of sp³-hybridized carbons (Fsp3) is 0.900. The van der Waals surface area contributed by atoms with Crippen molar-refractivity contribution in [2.24, 2.45) is 0 Å². The predicted octanol–water partition coefficient (Wildman–Crippen LogP) is 1.40. The molecule has 3 nitrogen and oxygen atoms in total. The minimum absolute atomic E-state index is 0.158. The lowest BCUT2D eigenvalue weighted by Crippen LogP contribution is -2.39. The van der Waals surface area contributed by atoms with E-state index < -0.39 is 0 Å². The van der Waals surface area contributed by atoms with Gasteiger partial charge in [0, 0.05) is 20.3 Å². The van der Waals surface area contributed by atoms with E-state index in [0.717, 1.165) is 32.5 Å². The maximum atomic E-state index is 8.90. The maximum Gasteiger partial charge on any atom is 0.0977 e. The van der Waals surface area contributed by atoms with E-state index >= 15 is 0 Å². The van der Waals surface area contributed by atoms with Crippen LogP contribution in [0.15, 0.2) is 0 Å². The smallest absolute Gasteiger partial charge is 0.0977 e. The Morgan fingerprint density at radius 3 is 3.08 bits per heavy atom. The average molecular weight is 182 g/mol. The van der Waals surface area contributed by atoms with Gasteiger partial charge in [0.05, 0.1) is 12.1 Å². The van der Waals surface area contributed by atoms with Gasteiger partial charge in [-0.3, -0.25) is 4.90 Å². The van der Waals surface area contributed by atoms with E-state index in [0.29, 0.717) is 0 Å². The van der Waals surface area contributed by atoms with E-state index in [-0.39, 0.29) is 6.04 Å². The molecule has 3 heteroatoms. The summed E-state index contributed by atoms with van der Waals surface area (Å²) in [5.74, 6) is 0. The van der Waals surface area contributed by atoms with Crippen LogP contribution in [0.25, 0.3) is 0 Å². The van der Waals surface area contributed by atoms with Gasteiger partial charge in [-0.05, 0) is 32.2 Å². The lowest BCUT2D eigenvalue weighted by atomic mass is 10.0. The van der Waals surface area contributed by atoms with Gasteiger partial charge in [0.15, 0.2) is 0 Å². The molecule has 1 fully saturated rings. The molecule has 1 rings (SSSR count). The monoisotopic (exact) mass is 182 g/mol. The summed E-state index contributed by atoms with van der Waals surface area (Å²) in [5.41, 5.74) is 0. The quantitative estimate of drug-likeness (QED) is 0.617. The fourth-order valence-corrected chi connectivity index (χ4v) is 1.82. The third-order valence-electron chi connectivity index (χ3n) is 2.56.